The lowest BCUT2D eigenvalue weighted by atomic mass is 9.82. The Morgan fingerprint density at radius 3 is 2.93 bits per heavy atom. The van der Waals surface area contributed by atoms with E-state index in [-0.39, 0.29) is 5.97 Å². The Kier molecular flexibility index (Phi) is 6.19. The van der Waals surface area contributed by atoms with E-state index in [9.17, 15) is 4.79 Å². The third-order valence-corrected chi connectivity index (χ3v) is 5.69. The monoisotopic (exact) mass is 422 g/mol. The number of esters is 1. The van der Waals surface area contributed by atoms with Gasteiger partial charge in [0.2, 0.25) is 0 Å². The van der Waals surface area contributed by atoms with E-state index < -0.39 is 0 Å². The second kappa shape index (κ2) is 9.18. The first-order valence-electron chi connectivity index (χ1n) is 9.97. The van der Waals surface area contributed by atoms with E-state index in [1.54, 1.807) is 18.5 Å². The molecule has 1 atom stereocenters. The summed E-state index contributed by atoms with van der Waals surface area (Å²) in [6, 6.07) is 15.4. The van der Waals surface area contributed by atoms with Crippen LogP contribution in [0.1, 0.15) is 40.2 Å². The Morgan fingerprint density at radius 2 is 2.10 bits per heavy atom. The molecule has 1 heterocycles. The molecule has 5 nitrogen and oxygen atoms in total. The molecular formula is C24H23ClN2O3. The van der Waals surface area contributed by atoms with Crippen LogP contribution in [0.5, 0.6) is 11.5 Å². The average Bonchev–Trinajstić information content (AvgIpc) is 2.78. The number of methoxy groups -OCH3 is 1. The van der Waals surface area contributed by atoms with Crippen LogP contribution in [0.15, 0.2) is 60.9 Å². The minimum atomic E-state index is -0.370. The van der Waals surface area contributed by atoms with Crippen LogP contribution in [0, 0.1) is 0 Å². The molecule has 0 amide bonds. The molecule has 0 spiro atoms. The molecule has 0 aliphatic heterocycles. The van der Waals surface area contributed by atoms with E-state index in [2.05, 4.69) is 22.4 Å². The lowest BCUT2D eigenvalue weighted by molar-refractivity contribution is 0.0601. The normalized spacial score (nSPS) is 15.2. The van der Waals surface area contributed by atoms with Crippen LogP contribution in [0.4, 0.5) is 5.69 Å². The standard InChI is InChI=1S/C24H23ClN2O3/c1-29-24(28)20-11-12-26-15-22(20)27-14-17-6-4-5-16-13-18(9-10-19(16)17)30-23-8-3-2-7-21(23)25/h2-3,7-13,15,17,27H,4-6,14H2,1H3/t17-/m0/s1. The maximum atomic E-state index is 12.0. The maximum Gasteiger partial charge on any atom is 0.340 e. The summed E-state index contributed by atoms with van der Waals surface area (Å²) >= 11 is 6.21. The number of hydrogen-bond acceptors (Lipinski definition) is 5. The molecule has 1 aliphatic rings. The van der Waals surface area contributed by atoms with E-state index >= 15 is 0 Å². The highest BCUT2D eigenvalue weighted by Gasteiger charge is 2.22. The van der Waals surface area contributed by atoms with Crippen molar-refractivity contribution in [3.63, 3.8) is 0 Å². The van der Waals surface area contributed by atoms with Gasteiger partial charge in [-0.1, -0.05) is 29.8 Å². The van der Waals surface area contributed by atoms with Gasteiger partial charge in [0, 0.05) is 18.7 Å². The van der Waals surface area contributed by atoms with Gasteiger partial charge in [0.25, 0.3) is 0 Å². The fraction of sp³-hybridized carbons (Fsp3) is 0.250. The van der Waals surface area contributed by atoms with Crippen LogP contribution in [0.2, 0.25) is 5.02 Å². The van der Waals surface area contributed by atoms with Crippen molar-refractivity contribution >= 4 is 23.3 Å². The fourth-order valence-corrected chi connectivity index (χ4v) is 4.05. The molecule has 0 saturated carbocycles. The zero-order chi connectivity index (χ0) is 20.9. The molecule has 1 aromatic heterocycles. The number of halogens is 1. The number of nitrogens with one attached hydrogen (secondary N) is 1. The van der Waals surface area contributed by atoms with Gasteiger partial charge in [0.15, 0.2) is 0 Å². The largest absolute Gasteiger partial charge is 0.465 e. The zero-order valence-electron chi connectivity index (χ0n) is 16.7. The highest BCUT2D eigenvalue weighted by Crippen LogP contribution is 2.36. The molecule has 0 saturated heterocycles. The third kappa shape index (κ3) is 4.41. The molecule has 3 aromatic rings. The number of hydrogen-bond donors (Lipinski definition) is 1. The van der Waals surface area contributed by atoms with Crippen molar-refractivity contribution < 1.29 is 14.3 Å². The first kappa shape index (κ1) is 20.2. The molecule has 0 unspecified atom stereocenters. The molecule has 0 radical (unpaired) electrons. The molecule has 0 bridgehead atoms. The Morgan fingerprint density at radius 1 is 1.23 bits per heavy atom. The summed E-state index contributed by atoms with van der Waals surface area (Å²) in [5.74, 6) is 1.41. The molecule has 1 N–H and O–H groups in total. The summed E-state index contributed by atoms with van der Waals surface area (Å²) in [5, 5.41) is 3.98. The molecule has 1 aliphatic carbocycles. The number of carbonyl (C=O) groups is 1. The summed E-state index contributed by atoms with van der Waals surface area (Å²) in [6.45, 7) is 0.716. The van der Waals surface area contributed by atoms with E-state index in [0.717, 1.165) is 25.0 Å². The minimum Gasteiger partial charge on any atom is -0.465 e. The van der Waals surface area contributed by atoms with Crippen molar-refractivity contribution in [1.29, 1.82) is 0 Å². The quantitative estimate of drug-likeness (QED) is 0.505. The van der Waals surface area contributed by atoms with Crippen molar-refractivity contribution in [3.05, 3.63) is 82.6 Å². The number of aromatic nitrogens is 1. The van der Waals surface area contributed by atoms with Crippen molar-refractivity contribution in [2.45, 2.75) is 25.2 Å². The van der Waals surface area contributed by atoms with Crippen LogP contribution in [0.25, 0.3) is 0 Å². The molecule has 4 rings (SSSR count). The first-order chi connectivity index (χ1) is 14.7. The van der Waals surface area contributed by atoms with Crippen LogP contribution in [-0.2, 0) is 11.2 Å². The topological polar surface area (TPSA) is 60.5 Å². The number of aryl methyl sites for hydroxylation is 1. The summed E-state index contributed by atoms with van der Waals surface area (Å²) < 4.78 is 10.9. The number of anilines is 1. The van der Waals surface area contributed by atoms with Crippen LogP contribution in [0.3, 0.4) is 0 Å². The Hall–Kier alpha value is -3.05. The van der Waals surface area contributed by atoms with Crippen molar-refractivity contribution in [2.24, 2.45) is 0 Å². The first-order valence-corrected chi connectivity index (χ1v) is 10.3. The number of pyridine rings is 1. The van der Waals surface area contributed by atoms with Gasteiger partial charge in [0.1, 0.15) is 11.5 Å². The van der Waals surface area contributed by atoms with Gasteiger partial charge in [0.05, 0.1) is 29.6 Å². The summed E-state index contributed by atoms with van der Waals surface area (Å²) in [5.41, 5.74) is 3.78. The average molecular weight is 423 g/mol. The number of rotatable bonds is 6. The number of ether oxygens (including phenoxy) is 2. The molecule has 30 heavy (non-hydrogen) atoms. The molecule has 2 aromatic carbocycles. The fourth-order valence-electron chi connectivity index (χ4n) is 3.88. The van der Waals surface area contributed by atoms with Crippen molar-refractivity contribution in [1.82, 2.24) is 4.98 Å². The predicted octanol–water partition coefficient (Wildman–Crippen LogP) is 5.85. The van der Waals surface area contributed by atoms with Gasteiger partial charge >= 0.3 is 5.97 Å². The van der Waals surface area contributed by atoms with Gasteiger partial charge in [-0.15, -0.1) is 0 Å². The minimum absolute atomic E-state index is 0.341. The van der Waals surface area contributed by atoms with Crippen LogP contribution >= 0.6 is 11.6 Å². The van der Waals surface area contributed by atoms with Gasteiger partial charge in [-0.3, -0.25) is 4.98 Å². The second-order valence-electron chi connectivity index (χ2n) is 7.28. The maximum absolute atomic E-state index is 12.0. The Labute approximate surface area is 181 Å². The van der Waals surface area contributed by atoms with E-state index in [4.69, 9.17) is 21.1 Å². The van der Waals surface area contributed by atoms with E-state index in [1.165, 1.54) is 18.2 Å². The van der Waals surface area contributed by atoms with Crippen LogP contribution < -0.4 is 10.1 Å². The summed E-state index contributed by atoms with van der Waals surface area (Å²) in [4.78, 5) is 16.1. The number of nitrogens with zero attached hydrogens (tertiary/aromatic N) is 1. The Balaban J connectivity index is 1.50. The van der Waals surface area contributed by atoms with Crippen molar-refractivity contribution in [2.75, 3.05) is 19.0 Å². The van der Waals surface area contributed by atoms with E-state index in [0.29, 0.717) is 34.5 Å². The van der Waals surface area contributed by atoms with Gasteiger partial charge in [-0.25, -0.2) is 4.79 Å². The summed E-state index contributed by atoms with van der Waals surface area (Å²) in [6.07, 6.45) is 6.46. The number of para-hydroxylation sites is 1. The third-order valence-electron chi connectivity index (χ3n) is 5.38. The van der Waals surface area contributed by atoms with Crippen LogP contribution in [-0.4, -0.2) is 24.6 Å². The van der Waals surface area contributed by atoms with Gasteiger partial charge in [-0.2, -0.15) is 0 Å². The number of fused-ring (bicyclic) bond motifs is 1. The van der Waals surface area contributed by atoms with Gasteiger partial charge < -0.3 is 14.8 Å². The zero-order valence-corrected chi connectivity index (χ0v) is 17.5. The van der Waals surface area contributed by atoms with E-state index in [1.807, 2.05) is 30.3 Å². The summed E-state index contributed by atoms with van der Waals surface area (Å²) in [7, 11) is 1.38. The molecular weight excluding hydrogens is 400 g/mol. The van der Waals surface area contributed by atoms with Gasteiger partial charge in [-0.05, 0) is 60.7 Å². The lowest BCUT2D eigenvalue weighted by Crippen LogP contribution is -2.19. The molecule has 154 valence electrons. The Bertz CT molecular complexity index is 1050. The smallest absolute Gasteiger partial charge is 0.340 e. The number of carbonyl (C=O) groups excluding carboxylic acids is 1. The highest BCUT2D eigenvalue weighted by molar-refractivity contribution is 6.32. The predicted molar refractivity (Wildman–Crippen MR) is 118 cm³/mol. The molecule has 0 fully saturated rings. The second-order valence-corrected chi connectivity index (χ2v) is 7.68. The number of benzene rings is 2. The SMILES string of the molecule is COC(=O)c1ccncc1NC[C@@H]1CCCc2cc(Oc3ccccc3Cl)ccc21. The lowest BCUT2D eigenvalue weighted by Gasteiger charge is -2.27. The molecule has 6 heteroatoms. The van der Waals surface area contributed by atoms with Crippen molar-refractivity contribution in [3.8, 4) is 11.5 Å². The highest BCUT2D eigenvalue weighted by atomic mass is 35.5.